The first-order valence-corrected chi connectivity index (χ1v) is 5.19. The van der Waals surface area contributed by atoms with Crippen LogP contribution in [0.25, 0.3) is 0 Å². The van der Waals surface area contributed by atoms with Crippen molar-refractivity contribution in [3.8, 4) is 0 Å². The zero-order chi connectivity index (χ0) is 10.2. The van der Waals surface area contributed by atoms with Crippen molar-refractivity contribution < 1.29 is 0 Å². The summed E-state index contributed by atoms with van der Waals surface area (Å²) in [7, 11) is 1.93. The van der Waals surface area contributed by atoms with E-state index in [1.165, 1.54) is 0 Å². The highest BCUT2D eigenvalue weighted by molar-refractivity contribution is 9.10. The molecule has 0 fully saturated rings. The van der Waals surface area contributed by atoms with Gasteiger partial charge in [0.15, 0.2) is 0 Å². The topological polar surface area (TPSA) is 43.8 Å². The summed E-state index contributed by atoms with van der Waals surface area (Å²) in [4.78, 5) is 0. The Balaban J connectivity index is 3.13. The lowest BCUT2D eigenvalue weighted by Crippen LogP contribution is -2.20. The molecule has 0 spiro atoms. The third-order valence-electron chi connectivity index (χ3n) is 2.23. The van der Waals surface area contributed by atoms with E-state index in [1.807, 2.05) is 18.7 Å². The van der Waals surface area contributed by atoms with Crippen molar-refractivity contribution in [1.29, 1.82) is 0 Å². The summed E-state index contributed by atoms with van der Waals surface area (Å²) in [6, 6.07) is 0.0422. The van der Waals surface area contributed by atoms with Crippen molar-refractivity contribution in [2.45, 2.75) is 26.8 Å². The Labute approximate surface area is 87.4 Å². The number of rotatable bonds is 2. The first kappa shape index (κ1) is 10.7. The van der Waals surface area contributed by atoms with Crippen LogP contribution >= 0.6 is 15.9 Å². The minimum Gasteiger partial charge on any atom is -0.322 e. The van der Waals surface area contributed by atoms with Crippen LogP contribution in [0.15, 0.2) is 4.47 Å². The first-order chi connectivity index (χ1) is 5.95. The van der Waals surface area contributed by atoms with E-state index in [0.29, 0.717) is 5.92 Å². The Hall–Kier alpha value is -0.350. The molecule has 0 amide bonds. The number of hydrogen-bond donors (Lipinski definition) is 1. The highest BCUT2D eigenvalue weighted by Crippen LogP contribution is 2.28. The van der Waals surface area contributed by atoms with Gasteiger partial charge in [-0.2, -0.15) is 5.10 Å². The summed E-state index contributed by atoms with van der Waals surface area (Å²) in [5.74, 6) is 0.422. The van der Waals surface area contributed by atoms with Crippen molar-refractivity contribution in [1.82, 2.24) is 9.78 Å². The zero-order valence-electron chi connectivity index (χ0n) is 8.50. The Kier molecular flexibility index (Phi) is 3.14. The van der Waals surface area contributed by atoms with E-state index in [2.05, 4.69) is 34.9 Å². The fourth-order valence-corrected chi connectivity index (χ4v) is 1.93. The molecule has 0 bridgehead atoms. The molecule has 0 aliphatic carbocycles. The Morgan fingerprint density at radius 2 is 2.00 bits per heavy atom. The second kappa shape index (κ2) is 3.80. The minimum absolute atomic E-state index is 0.0422. The molecule has 0 radical (unpaired) electrons. The molecule has 1 rings (SSSR count). The molecule has 2 N–H and O–H groups in total. The van der Waals surface area contributed by atoms with Gasteiger partial charge in [0.2, 0.25) is 0 Å². The van der Waals surface area contributed by atoms with E-state index < -0.39 is 0 Å². The van der Waals surface area contributed by atoms with Gasteiger partial charge in [-0.25, -0.2) is 0 Å². The van der Waals surface area contributed by atoms with Crippen LogP contribution in [0.3, 0.4) is 0 Å². The van der Waals surface area contributed by atoms with Gasteiger partial charge >= 0.3 is 0 Å². The van der Waals surface area contributed by atoms with E-state index >= 15 is 0 Å². The number of nitrogens with two attached hydrogens (primary N) is 1. The monoisotopic (exact) mass is 245 g/mol. The minimum atomic E-state index is 0.0422. The van der Waals surface area contributed by atoms with Gasteiger partial charge in [0.1, 0.15) is 0 Å². The highest BCUT2D eigenvalue weighted by Gasteiger charge is 2.19. The molecular weight excluding hydrogens is 230 g/mol. The third-order valence-corrected chi connectivity index (χ3v) is 3.21. The Morgan fingerprint density at radius 3 is 2.31 bits per heavy atom. The average molecular weight is 246 g/mol. The molecule has 1 aromatic rings. The van der Waals surface area contributed by atoms with Crippen molar-refractivity contribution >= 4 is 15.9 Å². The fourth-order valence-electron chi connectivity index (χ4n) is 1.33. The molecule has 1 unspecified atom stereocenters. The molecule has 0 aliphatic heterocycles. The number of halogens is 1. The van der Waals surface area contributed by atoms with Crippen LogP contribution in [0.1, 0.15) is 31.3 Å². The summed E-state index contributed by atoms with van der Waals surface area (Å²) >= 11 is 3.51. The summed E-state index contributed by atoms with van der Waals surface area (Å²) in [5.41, 5.74) is 8.13. The lowest BCUT2D eigenvalue weighted by Gasteiger charge is -2.16. The molecule has 0 saturated carbocycles. The van der Waals surface area contributed by atoms with Gasteiger partial charge in [-0.15, -0.1) is 0 Å². The van der Waals surface area contributed by atoms with E-state index in [-0.39, 0.29) is 6.04 Å². The predicted octanol–water partition coefficient (Wildman–Crippen LogP) is 2.15. The van der Waals surface area contributed by atoms with Gasteiger partial charge in [0.05, 0.1) is 21.9 Å². The number of nitrogens with zero attached hydrogens (tertiary/aromatic N) is 2. The van der Waals surface area contributed by atoms with Gasteiger partial charge in [-0.1, -0.05) is 13.8 Å². The van der Waals surface area contributed by atoms with E-state index in [0.717, 1.165) is 15.9 Å². The maximum absolute atomic E-state index is 6.06. The molecule has 1 heterocycles. The molecule has 0 aromatic carbocycles. The van der Waals surface area contributed by atoms with Gasteiger partial charge in [0.25, 0.3) is 0 Å². The molecule has 0 aliphatic rings. The van der Waals surface area contributed by atoms with Crippen LogP contribution in [0.4, 0.5) is 0 Å². The lowest BCUT2D eigenvalue weighted by molar-refractivity contribution is 0.478. The highest BCUT2D eigenvalue weighted by atomic mass is 79.9. The lowest BCUT2D eigenvalue weighted by atomic mass is 10.0. The van der Waals surface area contributed by atoms with Crippen LogP contribution in [-0.4, -0.2) is 9.78 Å². The number of aryl methyl sites for hydroxylation is 2. The summed E-state index contributed by atoms with van der Waals surface area (Å²) in [6.07, 6.45) is 0. The molecule has 0 saturated heterocycles. The number of hydrogen-bond acceptors (Lipinski definition) is 2. The molecule has 4 heteroatoms. The average Bonchev–Trinajstić information content (AvgIpc) is 2.26. The predicted molar refractivity (Wildman–Crippen MR) is 57.4 cm³/mol. The molecule has 3 nitrogen and oxygen atoms in total. The zero-order valence-corrected chi connectivity index (χ0v) is 10.1. The van der Waals surface area contributed by atoms with Crippen LogP contribution in [0, 0.1) is 12.8 Å². The van der Waals surface area contributed by atoms with Crippen molar-refractivity contribution in [2.75, 3.05) is 0 Å². The second-order valence-corrected chi connectivity index (χ2v) is 4.47. The van der Waals surface area contributed by atoms with Crippen LogP contribution in [0.5, 0.6) is 0 Å². The quantitative estimate of drug-likeness (QED) is 0.868. The smallest absolute Gasteiger partial charge is 0.0739 e. The second-order valence-electron chi connectivity index (χ2n) is 3.68. The van der Waals surface area contributed by atoms with Gasteiger partial charge in [-0.3, -0.25) is 4.68 Å². The maximum Gasteiger partial charge on any atom is 0.0739 e. The fraction of sp³-hybridized carbons (Fsp3) is 0.667. The summed E-state index contributed by atoms with van der Waals surface area (Å²) < 4.78 is 2.89. The maximum atomic E-state index is 6.06. The standard InChI is InChI=1S/C9H16BrN3/c1-5(2)8(11)9-7(10)6(3)12-13(9)4/h5,8H,11H2,1-4H3. The van der Waals surface area contributed by atoms with E-state index in [4.69, 9.17) is 5.73 Å². The van der Waals surface area contributed by atoms with Gasteiger partial charge < -0.3 is 5.73 Å². The van der Waals surface area contributed by atoms with E-state index in [9.17, 15) is 0 Å². The molecular formula is C9H16BrN3. The first-order valence-electron chi connectivity index (χ1n) is 4.39. The molecule has 1 aromatic heterocycles. The van der Waals surface area contributed by atoms with E-state index in [1.54, 1.807) is 0 Å². The van der Waals surface area contributed by atoms with Crippen molar-refractivity contribution in [3.05, 3.63) is 15.9 Å². The molecule has 74 valence electrons. The largest absolute Gasteiger partial charge is 0.322 e. The van der Waals surface area contributed by atoms with Crippen LogP contribution in [-0.2, 0) is 7.05 Å². The van der Waals surface area contributed by atoms with Crippen LogP contribution < -0.4 is 5.73 Å². The molecule has 1 atom stereocenters. The SMILES string of the molecule is Cc1nn(C)c(C(N)C(C)C)c1Br. The third kappa shape index (κ3) is 1.94. The Bertz CT molecular complexity index is 304. The van der Waals surface area contributed by atoms with Gasteiger partial charge in [0, 0.05) is 7.05 Å². The normalized spacial score (nSPS) is 13.8. The number of aromatic nitrogens is 2. The molecule has 13 heavy (non-hydrogen) atoms. The summed E-state index contributed by atoms with van der Waals surface area (Å²) in [5, 5.41) is 4.30. The van der Waals surface area contributed by atoms with Crippen molar-refractivity contribution in [2.24, 2.45) is 18.7 Å². The summed E-state index contributed by atoms with van der Waals surface area (Å²) in [6.45, 7) is 6.19. The van der Waals surface area contributed by atoms with Crippen molar-refractivity contribution in [3.63, 3.8) is 0 Å². The van der Waals surface area contributed by atoms with Gasteiger partial charge in [-0.05, 0) is 28.8 Å². The Morgan fingerprint density at radius 1 is 1.46 bits per heavy atom. The van der Waals surface area contributed by atoms with Crippen LogP contribution in [0.2, 0.25) is 0 Å².